The molecule has 0 radical (unpaired) electrons. The lowest BCUT2D eigenvalue weighted by atomic mass is 9.79. The zero-order valence-electron chi connectivity index (χ0n) is 11.6. The summed E-state index contributed by atoms with van der Waals surface area (Å²) >= 11 is 5.57. The van der Waals surface area contributed by atoms with Crippen molar-refractivity contribution in [3.63, 3.8) is 0 Å². The zero-order valence-corrected chi connectivity index (χ0v) is 14.0. The standard InChI is InChI=1S/C15H24BrNS/c1-4-17-14(12-7-5-10(2)6-8-12)13-9-11(3)15(16)18-13/h9-10,12,14,17H,4-8H2,1-3H3. The molecule has 3 heteroatoms. The van der Waals surface area contributed by atoms with Gasteiger partial charge in [-0.3, -0.25) is 0 Å². The van der Waals surface area contributed by atoms with Crippen LogP contribution in [-0.2, 0) is 0 Å². The molecule has 1 nitrogen and oxygen atoms in total. The molecule has 1 aromatic heterocycles. The van der Waals surface area contributed by atoms with Crippen molar-refractivity contribution in [3.05, 3.63) is 20.3 Å². The number of thiophene rings is 1. The minimum Gasteiger partial charge on any atom is -0.309 e. The Hall–Kier alpha value is 0.140. The minimum absolute atomic E-state index is 0.567. The molecule has 0 amide bonds. The molecule has 1 unspecified atom stereocenters. The Kier molecular flexibility index (Phi) is 5.28. The highest BCUT2D eigenvalue weighted by Crippen LogP contribution is 2.40. The van der Waals surface area contributed by atoms with Crippen LogP contribution in [0.1, 0.15) is 56.0 Å². The predicted octanol–water partition coefficient (Wildman–Crippen LogP) is 5.30. The van der Waals surface area contributed by atoms with Gasteiger partial charge in [0.2, 0.25) is 0 Å². The van der Waals surface area contributed by atoms with Crippen molar-refractivity contribution in [1.29, 1.82) is 0 Å². The molecule has 0 bridgehead atoms. The Bertz CT molecular complexity index is 360. The lowest BCUT2D eigenvalue weighted by Crippen LogP contribution is -2.30. The summed E-state index contributed by atoms with van der Waals surface area (Å²) in [5.41, 5.74) is 1.38. The monoisotopic (exact) mass is 329 g/mol. The van der Waals surface area contributed by atoms with Gasteiger partial charge in [0, 0.05) is 10.9 Å². The zero-order chi connectivity index (χ0) is 13.1. The van der Waals surface area contributed by atoms with E-state index < -0.39 is 0 Å². The molecule has 0 aromatic carbocycles. The minimum atomic E-state index is 0.567. The van der Waals surface area contributed by atoms with Gasteiger partial charge >= 0.3 is 0 Å². The smallest absolute Gasteiger partial charge is 0.0731 e. The van der Waals surface area contributed by atoms with Gasteiger partial charge in [-0.05, 0) is 65.7 Å². The van der Waals surface area contributed by atoms with Crippen molar-refractivity contribution in [1.82, 2.24) is 5.32 Å². The Morgan fingerprint density at radius 3 is 2.56 bits per heavy atom. The normalized spacial score (nSPS) is 26.2. The molecule has 18 heavy (non-hydrogen) atoms. The quantitative estimate of drug-likeness (QED) is 0.790. The van der Waals surface area contributed by atoms with E-state index >= 15 is 0 Å². The van der Waals surface area contributed by atoms with E-state index in [0.29, 0.717) is 6.04 Å². The molecule has 0 saturated heterocycles. The van der Waals surface area contributed by atoms with Crippen LogP contribution in [-0.4, -0.2) is 6.54 Å². The van der Waals surface area contributed by atoms with Crippen LogP contribution in [0.2, 0.25) is 0 Å². The molecule has 1 heterocycles. The molecule has 1 saturated carbocycles. The van der Waals surface area contributed by atoms with Gasteiger partial charge in [0.15, 0.2) is 0 Å². The highest BCUT2D eigenvalue weighted by atomic mass is 79.9. The fourth-order valence-electron chi connectivity index (χ4n) is 2.98. The van der Waals surface area contributed by atoms with E-state index in [1.807, 2.05) is 11.3 Å². The van der Waals surface area contributed by atoms with E-state index in [-0.39, 0.29) is 0 Å². The van der Waals surface area contributed by atoms with Crippen LogP contribution in [0.5, 0.6) is 0 Å². The second kappa shape index (κ2) is 6.53. The van der Waals surface area contributed by atoms with Crippen LogP contribution in [0.15, 0.2) is 9.85 Å². The fraction of sp³-hybridized carbons (Fsp3) is 0.733. The summed E-state index contributed by atoms with van der Waals surface area (Å²) in [6.45, 7) is 7.86. The third kappa shape index (κ3) is 3.37. The van der Waals surface area contributed by atoms with Crippen LogP contribution in [0.25, 0.3) is 0 Å². The third-order valence-electron chi connectivity index (χ3n) is 4.14. The molecule has 1 aliphatic rings. The predicted molar refractivity (Wildman–Crippen MR) is 84.3 cm³/mol. The summed E-state index contributed by atoms with van der Waals surface area (Å²) in [6, 6.07) is 2.93. The van der Waals surface area contributed by atoms with Crippen LogP contribution in [0.4, 0.5) is 0 Å². The maximum atomic E-state index is 3.71. The second-order valence-corrected chi connectivity index (χ2v) is 8.06. The summed E-state index contributed by atoms with van der Waals surface area (Å²) in [5, 5.41) is 3.71. The number of hydrogen-bond acceptors (Lipinski definition) is 2. The second-order valence-electron chi connectivity index (χ2n) is 5.66. The SMILES string of the molecule is CCNC(c1cc(C)c(Br)s1)C1CCC(C)CC1. The molecule has 1 N–H and O–H groups in total. The van der Waals surface area contributed by atoms with Gasteiger partial charge in [0.25, 0.3) is 0 Å². The average molecular weight is 330 g/mol. The Labute approximate surface area is 123 Å². The van der Waals surface area contributed by atoms with Gasteiger partial charge in [0.05, 0.1) is 3.79 Å². The maximum absolute atomic E-state index is 3.71. The first-order chi connectivity index (χ1) is 8.61. The molecule has 1 fully saturated rings. The van der Waals surface area contributed by atoms with Crippen molar-refractivity contribution in [2.45, 2.75) is 52.5 Å². The Morgan fingerprint density at radius 2 is 2.06 bits per heavy atom. The van der Waals surface area contributed by atoms with E-state index in [4.69, 9.17) is 0 Å². The topological polar surface area (TPSA) is 12.0 Å². The van der Waals surface area contributed by atoms with E-state index in [0.717, 1.165) is 18.4 Å². The third-order valence-corrected chi connectivity index (χ3v) is 6.36. The van der Waals surface area contributed by atoms with Crippen molar-refractivity contribution in [2.75, 3.05) is 6.54 Å². The van der Waals surface area contributed by atoms with Gasteiger partial charge in [-0.25, -0.2) is 0 Å². The van der Waals surface area contributed by atoms with Crippen molar-refractivity contribution < 1.29 is 0 Å². The Balaban J connectivity index is 2.12. The fourth-order valence-corrected chi connectivity index (χ4v) is 4.72. The van der Waals surface area contributed by atoms with Crippen molar-refractivity contribution in [2.24, 2.45) is 11.8 Å². The lowest BCUT2D eigenvalue weighted by molar-refractivity contribution is 0.235. The largest absolute Gasteiger partial charge is 0.309 e. The van der Waals surface area contributed by atoms with E-state index in [1.54, 1.807) is 0 Å². The Morgan fingerprint density at radius 1 is 1.39 bits per heavy atom. The first kappa shape index (κ1) is 14.5. The van der Waals surface area contributed by atoms with E-state index in [2.05, 4.69) is 48.1 Å². The molecular formula is C15H24BrNS. The lowest BCUT2D eigenvalue weighted by Gasteiger charge is -2.32. The average Bonchev–Trinajstić information content (AvgIpc) is 2.68. The number of nitrogens with one attached hydrogen (secondary N) is 1. The van der Waals surface area contributed by atoms with Crippen molar-refractivity contribution in [3.8, 4) is 0 Å². The number of aryl methyl sites for hydroxylation is 1. The van der Waals surface area contributed by atoms with Gasteiger partial charge < -0.3 is 5.32 Å². The number of hydrogen-bond donors (Lipinski definition) is 1. The molecule has 102 valence electrons. The van der Waals surface area contributed by atoms with Gasteiger partial charge in [-0.2, -0.15) is 0 Å². The molecule has 1 aliphatic carbocycles. The van der Waals surface area contributed by atoms with E-state index in [9.17, 15) is 0 Å². The molecular weight excluding hydrogens is 306 g/mol. The highest BCUT2D eigenvalue weighted by Gasteiger charge is 2.27. The summed E-state index contributed by atoms with van der Waals surface area (Å²) < 4.78 is 1.30. The van der Waals surface area contributed by atoms with Crippen LogP contribution >= 0.6 is 27.3 Å². The summed E-state index contributed by atoms with van der Waals surface area (Å²) in [7, 11) is 0. The molecule has 2 rings (SSSR count). The van der Waals surface area contributed by atoms with Crippen LogP contribution in [0.3, 0.4) is 0 Å². The molecule has 1 aromatic rings. The maximum Gasteiger partial charge on any atom is 0.0731 e. The summed E-state index contributed by atoms with van der Waals surface area (Å²) in [4.78, 5) is 1.51. The van der Waals surface area contributed by atoms with Gasteiger partial charge in [-0.1, -0.05) is 26.7 Å². The first-order valence-electron chi connectivity index (χ1n) is 7.11. The number of rotatable bonds is 4. The summed E-state index contributed by atoms with van der Waals surface area (Å²) in [6.07, 6.45) is 5.57. The van der Waals surface area contributed by atoms with E-state index in [1.165, 1.54) is 39.9 Å². The summed E-state index contributed by atoms with van der Waals surface area (Å²) in [5.74, 6) is 1.76. The van der Waals surface area contributed by atoms with Crippen LogP contribution < -0.4 is 5.32 Å². The number of halogens is 1. The molecule has 0 aliphatic heterocycles. The van der Waals surface area contributed by atoms with Gasteiger partial charge in [0.1, 0.15) is 0 Å². The first-order valence-corrected chi connectivity index (χ1v) is 8.72. The van der Waals surface area contributed by atoms with Gasteiger partial charge in [-0.15, -0.1) is 11.3 Å². The molecule has 1 atom stereocenters. The van der Waals surface area contributed by atoms with Crippen LogP contribution in [0, 0.1) is 18.8 Å². The molecule has 0 spiro atoms. The highest BCUT2D eigenvalue weighted by molar-refractivity contribution is 9.11. The van der Waals surface area contributed by atoms with Crippen molar-refractivity contribution >= 4 is 27.3 Å².